The molecule has 1 saturated carbocycles. The van der Waals surface area contributed by atoms with E-state index < -0.39 is 11.5 Å². The first-order valence-corrected chi connectivity index (χ1v) is 8.01. The molecule has 0 bridgehead atoms. The number of carboxylic acids is 1. The predicted octanol–water partition coefficient (Wildman–Crippen LogP) is 3.14. The van der Waals surface area contributed by atoms with Crippen LogP contribution in [-0.4, -0.2) is 33.7 Å². The Bertz CT molecular complexity index is 279. The van der Waals surface area contributed by atoms with Gasteiger partial charge in [0.05, 0.1) is 0 Å². The van der Waals surface area contributed by atoms with Gasteiger partial charge in [-0.25, -0.2) is 0 Å². The Morgan fingerprint density at radius 2 is 2.06 bits per heavy atom. The maximum Gasteiger partial charge on any atom is 0.323 e. The maximum absolute atomic E-state index is 11.4. The first-order chi connectivity index (χ1) is 8.33. The summed E-state index contributed by atoms with van der Waals surface area (Å²) in [4.78, 5) is 11.4. The van der Waals surface area contributed by atoms with Crippen LogP contribution in [-0.2, 0) is 4.79 Å². The monoisotopic (exact) mass is 273 g/mol. The van der Waals surface area contributed by atoms with Gasteiger partial charge in [0.15, 0.2) is 0 Å². The first-order valence-electron chi connectivity index (χ1n) is 6.96. The molecule has 0 spiro atoms. The highest BCUT2D eigenvalue weighted by Crippen LogP contribution is 2.28. The summed E-state index contributed by atoms with van der Waals surface area (Å²) >= 11 is 1.89. The summed E-state index contributed by atoms with van der Waals surface area (Å²) in [7, 11) is 0. The normalized spacial score (nSPS) is 20.7. The Labute approximate surface area is 115 Å². The highest BCUT2D eigenvalue weighted by atomic mass is 32.2. The average molecular weight is 273 g/mol. The lowest BCUT2D eigenvalue weighted by Gasteiger charge is -2.29. The van der Waals surface area contributed by atoms with E-state index in [1.807, 2.05) is 18.7 Å². The van der Waals surface area contributed by atoms with Crippen molar-refractivity contribution in [2.75, 3.05) is 5.75 Å². The smallest absolute Gasteiger partial charge is 0.323 e. The minimum Gasteiger partial charge on any atom is -0.480 e. The van der Waals surface area contributed by atoms with E-state index in [1.54, 1.807) is 0 Å². The van der Waals surface area contributed by atoms with Gasteiger partial charge in [-0.15, -0.1) is 0 Å². The molecule has 0 amide bonds. The number of nitrogens with one attached hydrogen (secondary N) is 1. The van der Waals surface area contributed by atoms with Crippen LogP contribution in [0.25, 0.3) is 0 Å². The summed E-state index contributed by atoms with van der Waals surface area (Å²) in [5, 5.41) is 13.1. The number of thioether (sulfide) groups is 1. The fourth-order valence-corrected chi connectivity index (χ4v) is 3.49. The van der Waals surface area contributed by atoms with E-state index in [9.17, 15) is 9.90 Å². The molecular weight excluding hydrogens is 246 g/mol. The lowest BCUT2D eigenvalue weighted by molar-refractivity contribution is -0.144. The van der Waals surface area contributed by atoms with E-state index >= 15 is 0 Å². The van der Waals surface area contributed by atoms with Crippen LogP contribution in [0.15, 0.2) is 0 Å². The standard InChI is InChI=1S/C14H27NO2S/c1-10(2)7-8-18-11(3)9-14(4,13(16)17)15-12-5-6-12/h10-12,15H,5-9H2,1-4H3,(H,16,17). The molecule has 0 aromatic rings. The zero-order valence-corrected chi connectivity index (χ0v) is 12.8. The largest absolute Gasteiger partial charge is 0.480 e. The summed E-state index contributed by atoms with van der Waals surface area (Å²) < 4.78 is 0. The van der Waals surface area contributed by atoms with Crippen molar-refractivity contribution in [1.82, 2.24) is 5.32 Å². The average Bonchev–Trinajstić information content (AvgIpc) is 3.00. The molecule has 0 heterocycles. The summed E-state index contributed by atoms with van der Waals surface area (Å²) in [6, 6.07) is 0.430. The van der Waals surface area contributed by atoms with Gasteiger partial charge in [-0.05, 0) is 44.3 Å². The van der Waals surface area contributed by atoms with E-state index in [4.69, 9.17) is 0 Å². The van der Waals surface area contributed by atoms with Crippen LogP contribution in [0.3, 0.4) is 0 Å². The molecule has 2 atom stereocenters. The number of hydrogen-bond acceptors (Lipinski definition) is 3. The van der Waals surface area contributed by atoms with Crippen molar-refractivity contribution < 1.29 is 9.90 Å². The van der Waals surface area contributed by atoms with Gasteiger partial charge in [0.1, 0.15) is 5.54 Å². The third kappa shape index (κ3) is 5.61. The Balaban J connectivity index is 2.37. The second-order valence-corrected chi connectivity index (χ2v) is 7.67. The topological polar surface area (TPSA) is 49.3 Å². The van der Waals surface area contributed by atoms with Crippen LogP contribution in [0, 0.1) is 5.92 Å². The Hall–Kier alpha value is -0.220. The van der Waals surface area contributed by atoms with Gasteiger partial charge in [-0.2, -0.15) is 11.8 Å². The second kappa shape index (κ2) is 6.80. The zero-order chi connectivity index (χ0) is 13.8. The lowest BCUT2D eigenvalue weighted by Crippen LogP contribution is -2.52. The van der Waals surface area contributed by atoms with Crippen molar-refractivity contribution in [3.63, 3.8) is 0 Å². The molecule has 106 valence electrons. The van der Waals surface area contributed by atoms with E-state index in [0.29, 0.717) is 17.7 Å². The summed E-state index contributed by atoms with van der Waals surface area (Å²) in [5.41, 5.74) is -0.759. The number of carboxylic acid groups (broad SMARTS) is 1. The fourth-order valence-electron chi connectivity index (χ4n) is 2.02. The van der Waals surface area contributed by atoms with Crippen LogP contribution in [0.4, 0.5) is 0 Å². The van der Waals surface area contributed by atoms with Gasteiger partial charge in [-0.3, -0.25) is 10.1 Å². The molecule has 1 fully saturated rings. The molecule has 4 heteroatoms. The zero-order valence-electron chi connectivity index (χ0n) is 12.0. The van der Waals surface area contributed by atoms with E-state index in [-0.39, 0.29) is 0 Å². The molecule has 1 aliphatic carbocycles. The maximum atomic E-state index is 11.4. The summed E-state index contributed by atoms with van der Waals surface area (Å²) in [5.74, 6) is 1.13. The van der Waals surface area contributed by atoms with Gasteiger partial charge in [0.2, 0.25) is 0 Å². The van der Waals surface area contributed by atoms with Crippen molar-refractivity contribution in [3.05, 3.63) is 0 Å². The number of carbonyl (C=O) groups is 1. The highest BCUT2D eigenvalue weighted by Gasteiger charge is 2.39. The number of aliphatic carboxylic acids is 1. The van der Waals surface area contributed by atoms with E-state index in [0.717, 1.165) is 24.5 Å². The highest BCUT2D eigenvalue weighted by molar-refractivity contribution is 7.99. The summed E-state index contributed by atoms with van der Waals surface area (Å²) in [6.07, 6.45) is 4.14. The summed E-state index contributed by atoms with van der Waals surface area (Å²) in [6.45, 7) is 8.41. The fraction of sp³-hybridized carbons (Fsp3) is 0.929. The molecule has 1 rings (SSSR count). The van der Waals surface area contributed by atoms with Crippen LogP contribution in [0.2, 0.25) is 0 Å². The molecule has 0 aromatic carbocycles. The lowest BCUT2D eigenvalue weighted by atomic mass is 9.96. The Kier molecular flexibility index (Phi) is 5.99. The van der Waals surface area contributed by atoms with Crippen LogP contribution >= 0.6 is 11.8 Å². The molecule has 1 aliphatic rings. The molecular formula is C14H27NO2S. The van der Waals surface area contributed by atoms with Crippen molar-refractivity contribution in [2.24, 2.45) is 5.92 Å². The first kappa shape index (κ1) is 15.8. The van der Waals surface area contributed by atoms with E-state index in [1.165, 1.54) is 6.42 Å². The molecule has 18 heavy (non-hydrogen) atoms. The molecule has 0 saturated heterocycles. The molecule has 3 nitrogen and oxygen atoms in total. The molecule has 2 unspecified atom stereocenters. The van der Waals surface area contributed by atoms with Gasteiger partial charge in [-0.1, -0.05) is 20.8 Å². The van der Waals surface area contributed by atoms with Crippen molar-refractivity contribution in [2.45, 2.75) is 70.2 Å². The second-order valence-electron chi connectivity index (χ2n) is 6.12. The minimum atomic E-state index is -0.759. The van der Waals surface area contributed by atoms with Crippen molar-refractivity contribution in [1.29, 1.82) is 0 Å². The SMILES string of the molecule is CC(C)CCSC(C)CC(C)(NC1CC1)C(=O)O. The predicted molar refractivity (Wildman–Crippen MR) is 78.2 cm³/mol. The third-order valence-corrected chi connectivity index (χ3v) is 4.57. The quantitative estimate of drug-likeness (QED) is 0.677. The molecule has 0 aromatic heterocycles. The van der Waals surface area contributed by atoms with Gasteiger partial charge in [0.25, 0.3) is 0 Å². The minimum absolute atomic E-state index is 0.385. The van der Waals surface area contributed by atoms with Crippen LogP contribution in [0.5, 0.6) is 0 Å². The molecule has 0 radical (unpaired) electrons. The number of rotatable bonds is 9. The van der Waals surface area contributed by atoms with E-state index in [2.05, 4.69) is 26.1 Å². The van der Waals surface area contributed by atoms with Crippen molar-refractivity contribution in [3.8, 4) is 0 Å². The van der Waals surface area contributed by atoms with Crippen LogP contribution in [0.1, 0.15) is 53.4 Å². The Morgan fingerprint density at radius 1 is 1.44 bits per heavy atom. The van der Waals surface area contributed by atoms with Gasteiger partial charge in [0, 0.05) is 11.3 Å². The van der Waals surface area contributed by atoms with Crippen molar-refractivity contribution >= 4 is 17.7 Å². The third-order valence-electron chi connectivity index (χ3n) is 3.37. The molecule has 0 aliphatic heterocycles. The Morgan fingerprint density at radius 3 is 2.50 bits per heavy atom. The van der Waals surface area contributed by atoms with Gasteiger partial charge >= 0.3 is 5.97 Å². The number of hydrogen-bond donors (Lipinski definition) is 2. The van der Waals surface area contributed by atoms with Crippen LogP contribution < -0.4 is 5.32 Å². The molecule has 2 N–H and O–H groups in total. The van der Waals surface area contributed by atoms with Gasteiger partial charge < -0.3 is 5.11 Å².